The molecule has 2 amide bonds. The van der Waals surface area contributed by atoms with E-state index in [0.29, 0.717) is 19.6 Å². The predicted molar refractivity (Wildman–Crippen MR) is 101 cm³/mol. The second-order valence-corrected chi connectivity index (χ2v) is 6.67. The zero-order valence-corrected chi connectivity index (χ0v) is 15.5. The van der Waals surface area contributed by atoms with Gasteiger partial charge < -0.3 is 10.2 Å². The highest BCUT2D eigenvalue weighted by molar-refractivity contribution is 5.95. The van der Waals surface area contributed by atoms with Crippen molar-refractivity contribution in [1.29, 1.82) is 0 Å². The van der Waals surface area contributed by atoms with E-state index in [9.17, 15) is 9.59 Å². The van der Waals surface area contributed by atoms with Crippen LogP contribution in [-0.2, 0) is 16.1 Å². The number of aromatic nitrogens is 2. The molecule has 2 heterocycles. The molecule has 0 bridgehead atoms. The van der Waals surface area contributed by atoms with Crippen LogP contribution in [0.1, 0.15) is 28.1 Å². The van der Waals surface area contributed by atoms with Gasteiger partial charge in [0.2, 0.25) is 11.8 Å². The number of piperazine rings is 1. The van der Waals surface area contributed by atoms with Gasteiger partial charge in [-0.15, -0.1) is 0 Å². The highest BCUT2D eigenvalue weighted by atomic mass is 16.2. The minimum atomic E-state index is -0.148. The number of amides is 2. The Balaban J connectivity index is 1.74. The molecule has 0 unspecified atom stereocenters. The number of hydrogen-bond acceptors (Lipinski definition) is 3. The number of hydrogen-bond donors (Lipinski definition) is 1. The Bertz CT molecular complexity index is 849. The van der Waals surface area contributed by atoms with Gasteiger partial charge in [0, 0.05) is 30.4 Å². The summed E-state index contributed by atoms with van der Waals surface area (Å²) in [4.78, 5) is 25.3. The fourth-order valence-electron chi connectivity index (χ4n) is 3.06. The van der Waals surface area contributed by atoms with E-state index in [1.54, 1.807) is 11.0 Å². The summed E-state index contributed by atoms with van der Waals surface area (Å²) in [6.45, 7) is 7.88. The van der Waals surface area contributed by atoms with Crippen molar-refractivity contribution >= 4 is 17.9 Å². The smallest absolute Gasteiger partial charge is 0.247 e. The van der Waals surface area contributed by atoms with Crippen molar-refractivity contribution in [2.24, 2.45) is 0 Å². The van der Waals surface area contributed by atoms with Crippen LogP contribution in [0.3, 0.4) is 0 Å². The van der Waals surface area contributed by atoms with Gasteiger partial charge in [0.15, 0.2) is 0 Å². The summed E-state index contributed by atoms with van der Waals surface area (Å²) in [5.41, 5.74) is 5.27. The molecule has 1 fully saturated rings. The first kappa shape index (κ1) is 17.9. The Morgan fingerprint density at radius 2 is 1.96 bits per heavy atom. The Morgan fingerprint density at radius 1 is 1.23 bits per heavy atom. The van der Waals surface area contributed by atoms with E-state index < -0.39 is 0 Å². The molecular weight excluding hydrogens is 328 g/mol. The van der Waals surface area contributed by atoms with E-state index in [2.05, 4.69) is 41.6 Å². The number of benzene rings is 1. The normalized spacial score (nSPS) is 14.7. The molecule has 3 rings (SSSR count). The quantitative estimate of drug-likeness (QED) is 0.854. The largest absolute Gasteiger partial charge is 0.353 e. The average molecular weight is 352 g/mol. The molecule has 0 atom stereocenters. The molecule has 0 radical (unpaired) electrons. The number of carbonyl (C=O) groups is 2. The molecule has 0 saturated carbocycles. The van der Waals surface area contributed by atoms with E-state index >= 15 is 0 Å². The summed E-state index contributed by atoms with van der Waals surface area (Å²) in [5, 5.41) is 7.33. The average Bonchev–Trinajstić information content (AvgIpc) is 2.88. The van der Waals surface area contributed by atoms with Crippen LogP contribution in [0.5, 0.6) is 0 Å². The number of rotatable bonds is 4. The lowest BCUT2D eigenvalue weighted by Gasteiger charge is -2.25. The van der Waals surface area contributed by atoms with E-state index in [1.807, 2.05) is 18.5 Å². The Kier molecular flexibility index (Phi) is 5.21. The van der Waals surface area contributed by atoms with Crippen LogP contribution in [0, 0.1) is 20.8 Å². The number of nitrogens with zero attached hydrogens (tertiary/aromatic N) is 3. The molecule has 136 valence electrons. The fourth-order valence-corrected chi connectivity index (χ4v) is 3.06. The van der Waals surface area contributed by atoms with Gasteiger partial charge in [-0.2, -0.15) is 5.10 Å². The molecule has 1 aromatic carbocycles. The van der Waals surface area contributed by atoms with Gasteiger partial charge in [-0.1, -0.05) is 29.8 Å². The highest BCUT2D eigenvalue weighted by Gasteiger charge is 2.19. The van der Waals surface area contributed by atoms with Gasteiger partial charge in [0.05, 0.1) is 18.8 Å². The van der Waals surface area contributed by atoms with Gasteiger partial charge in [0.25, 0.3) is 0 Å². The minimum Gasteiger partial charge on any atom is -0.353 e. The van der Waals surface area contributed by atoms with Crippen molar-refractivity contribution in [3.63, 3.8) is 0 Å². The molecule has 1 aliphatic rings. The fraction of sp³-hybridized carbons (Fsp3) is 0.350. The van der Waals surface area contributed by atoms with Crippen LogP contribution < -0.4 is 5.32 Å². The maximum absolute atomic E-state index is 12.3. The van der Waals surface area contributed by atoms with Gasteiger partial charge in [-0.25, -0.2) is 0 Å². The Labute approximate surface area is 153 Å². The number of nitrogens with one attached hydrogen (secondary N) is 1. The zero-order chi connectivity index (χ0) is 18.7. The molecule has 1 saturated heterocycles. The molecule has 1 aromatic heterocycles. The summed E-state index contributed by atoms with van der Waals surface area (Å²) in [7, 11) is 0. The van der Waals surface area contributed by atoms with Crippen LogP contribution >= 0.6 is 0 Å². The molecule has 1 aliphatic heterocycles. The third-order valence-electron chi connectivity index (χ3n) is 4.63. The van der Waals surface area contributed by atoms with E-state index in [0.717, 1.165) is 17.0 Å². The van der Waals surface area contributed by atoms with Crippen LogP contribution in [0.4, 0.5) is 0 Å². The molecule has 1 N–H and O–H groups in total. The molecule has 6 heteroatoms. The molecular formula is C20H24N4O2. The first-order valence-electron chi connectivity index (χ1n) is 8.77. The van der Waals surface area contributed by atoms with Gasteiger partial charge >= 0.3 is 0 Å². The maximum Gasteiger partial charge on any atom is 0.247 e. The van der Waals surface area contributed by atoms with Crippen molar-refractivity contribution in [3.8, 4) is 0 Å². The van der Waals surface area contributed by atoms with Crippen LogP contribution in [-0.4, -0.2) is 46.1 Å². The van der Waals surface area contributed by atoms with Crippen LogP contribution in [0.2, 0.25) is 0 Å². The van der Waals surface area contributed by atoms with Gasteiger partial charge in [-0.3, -0.25) is 14.3 Å². The van der Waals surface area contributed by atoms with E-state index in [-0.39, 0.29) is 18.4 Å². The summed E-state index contributed by atoms with van der Waals surface area (Å²) >= 11 is 0. The van der Waals surface area contributed by atoms with Crippen molar-refractivity contribution in [3.05, 3.63) is 58.4 Å². The molecule has 0 aliphatic carbocycles. The number of carbonyl (C=O) groups excluding carboxylic acids is 2. The summed E-state index contributed by atoms with van der Waals surface area (Å²) in [6, 6.07) is 8.39. The maximum atomic E-state index is 12.3. The predicted octanol–water partition coefficient (Wildman–Crippen LogP) is 1.83. The first-order chi connectivity index (χ1) is 12.4. The van der Waals surface area contributed by atoms with Crippen molar-refractivity contribution < 1.29 is 9.59 Å². The summed E-state index contributed by atoms with van der Waals surface area (Å²) < 4.78 is 1.96. The minimum absolute atomic E-state index is 0.115. The third-order valence-corrected chi connectivity index (χ3v) is 4.63. The zero-order valence-electron chi connectivity index (χ0n) is 15.5. The lowest BCUT2D eigenvalue weighted by Crippen LogP contribution is -2.49. The molecule has 26 heavy (non-hydrogen) atoms. The van der Waals surface area contributed by atoms with Crippen molar-refractivity contribution in [2.45, 2.75) is 27.3 Å². The molecule has 6 nitrogen and oxygen atoms in total. The van der Waals surface area contributed by atoms with Crippen LogP contribution in [0.15, 0.2) is 30.3 Å². The summed E-state index contributed by atoms with van der Waals surface area (Å²) in [5.74, 6) is -0.263. The van der Waals surface area contributed by atoms with Crippen molar-refractivity contribution in [1.82, 2.24) is 20.0 Å². The third kappa shape index (κ3) is 4.02. The molecule has 2 aromatic rings. The Hall–Kier alpha value is -2.89. The standard InChI is InChI=1S/C20H24N4O2/c1-14-4-6-17(7-5-14)12-24-16(3)18(15(2)22-24)8-9-20(26)23-11-10-21-19(25)13-23/h4-9H,10-13H2,1-3H3,(H,21,25)/b9-8+. The topological polar surface area (TPSA) is 67.2 Å². The van der Waals surface area contributed by atoms with Gasteiger partial charge in [0.1, 0.15) is 0 Å². The second kappa shape index (κ2) is 7.56. The lowest BCUT2D eigenvalue weighted by atomic mass is 10.1. The number of aryl methyl sites for hydroxylation is 2. The second-order valence-electron chi connectivity index (χ2n) is 6.67. The van der Waals surface area contributed by atoms with Crippen LogP contribution in [0.25, 0.3) is 6.08 Å². The lowest BCUT2D eigenvalue weighted by molar-refractivity contribution is -0.134. The summed E-state index contributed by atoms with van der Waals surface area (Å²) in [6.07, 6.45) is 3.34. The highest BCUT2D eigenvalue weighted by Crippen LogP contribution is 2.17. The van der Waals surface area contributed by atoms with E-state index in [4.69, 9.17) is 0 Å². The SMILES string of the molecule is Cc1ccc(Cn2nc(C)c(/C=C/C(=O)N3CCNC(=O)C3)c2C)cc1. The van der Waals surface area contributed by atoms with Crippen molar-refractivity contribution in [2.75, 3.05) is 19.6 Å². The molecule has 0 spiro atoms. The van der Waals surface area contributed by atoms with E-state index in [1.165, 1.54) is 17.2 Å². The first-order valence-corrected chi connectivity index (χ1v) is 8.77. The Morgan fingerprint density at radius 3 is 2.65 bits per heavy atom. The van der Waals surface area contributed by atoms with Gasteiger partial charge in [-0.05, 0) is 32.4 Å². The monoisotopic (exact) mass is 352 g/mol.